The Morgan fingerprint density at radius 2 is 1.95 bits per heavy atom. The van der Waals surface area contributed by atoms with Crippen LogP contribution in [-0.4, -0.2) is 50.3 Å². The summed E-state index contributed by atoms with van der Waals surface area (Å²) in [7, 11) is -3.19. The maximum absolute atomic E-state index is 12.6. The molecule has 5 nitrogen and oxygen atoms in total. The van der Waals surface area contributed by atoms with Crippen LogP contribution in [0.2, 0.25) is 0 Å². The molecule has 0 bridgehead atoms. The lowest BCUT2D eigenvalue weighted by molar-refractivity contribution is 0.0976. The average Bonchev–Trinajstić information content (AvgIpc) is 2.86. The van der Waals surface area contributed by atoms with Crippen LogP contribution >= 0.6 is 0 Å². The Morgan fingerprint density at radius 3 is 2.63 bits per heavy atom. The molecule has 2 aliphatic heterocycles. The van der Waals surface area contributed by atoms with Gasteiger partial charge in [-0.1, -0.05) is 6.42 Å². The van der Waals surface area contributed by atoms with Crippen LogP contribution in [0.3, 0.4) is 0 Å². The van der Waals surface area contributed by atoms with Gasteiger partial charge in [0.05, 0.1) is 11.9 Å². The van der Waals surface area contributed by atoms with Gasteiger partial charge in [0.1, 0.15) is 0 Å². The van der Waals surface area contributed by atoms with Gasteiger partial charge in [0.25, 0.3) is 0 Å². The van der Waals surface area contributed by atoms with Gasteiger partial charge in [0, 0.05) is 25.7 Å². The lowest BCUT2D eigenvalue weighted by atomic mass is 9.78. The topological polar surface area (TPSA) is 72.6 Å². The summed E-state index contributed by atoms with van der Waals surface area (Å²) in [6.07, 6.45) is 4.90. The molecule has 3 aliphatic rings. The van der Waals surface area contributed by atoms with Crippen molar-refractivity contribution in [1.29, 1.82) is 0 Å². The van der Waals surface area contributed by atoms with Crippen molar-refractivity contribution in [2.45, 2.75) is 43.4 Å². The maximum Gasteiger partial charge on any atom is 0.219 e. The van der Waals surface area contributed by atoms with Crippen LogP contribution in [-0.2, 0) is 14.8 Å². The standard InChI is InChI=1S/C13H24N2O3S/c14-13-5-1-3-10-7-15(8-12(10)13)19(16,17)11-4-2-6-18-9-11/h10-13H,1-9,14H2. The Kier molecular flexibility index (Phi) is 3.86. The van der Waals surface area contributed by atoms with Crippen molar-refractivity contribution >= 4 is 10.0 Å². The van der Waals surface area contributed by atoms with E-state index in [0.29, 0.717) is 38.1 Å². The Bertz CT molecular complexity index is 420. The van der Waals surface area contributed by atoms with Gasteiger partial charge in [-0.15, -0.1) is 0 Å². The largest absolute Gasteiger partial charge is 0.380 e. The molecule has 0 radical (unpaired) electrons. The number of rotatable bonds is 2. The minimum absolute atomic E-state index is 0.182. The summed E-state index contributed by atoms with van der Waals surface area (Å²) in [5.74, 6) is 0.844. The lowest BCUT2D eigenvalue weighted by Gasteiger charge is -2.29. The number of hydrogen-bond acceptors (Lipinski definition) is 4. The molecule has 19 heavy (non-hydrogen) atoms. The summed E-state index contributed by atoms with van der Waals surface area (Å²) < 4.78 is 32.3. The van der Waals surface area contributed by atoms with Crippen molar-refractivity contribution in [1.82, 2.24) is 4.31 Å². The normalized spacial score (nSPS) is 41.1. The van der Waals surface area contributed by atoms with Crippen molar-refractivity contribution < 1.29 is 13.2 Å². The van der Waals surface area contributed by atoms with Crippen molar-refractivity contribution in [2.24, 2.45) is 17.6 Å². The summed E-state index contributed by atoms with van der Waals surface area (Å²) >= 11 is 0. The zero-order chi connectivity index (χ0) is 13.5. The molecule has 3 fully saturated rings. The number of hydrogen-bond donors (Lipinski definition) is 1. The molecule has 0 aromatic rings. The summed E-state index contributed by atoms with van der Waals surface area (Å²) in [6, 6.07) is 0.182. The van der Waals surface area contributed by atoms with E-state index < -0.39 is 10.0 Å². The molecule has 6 heteroatoms. The Labute approximate surface area is 115 Å². The highest BCUT2D eigenvalue weighted by Crippen LogP contribution is 2.37. The zero-order valence-electron chi connectivity index (χ0n) is 11.3. The average molecular weight is 288 g/mol. The third-order valence-electron chi connectivity index (χ3n) is 5.02. The smallest absolute Gasteiger partial charge is 0.219 e. The fraction of sp³-hybridized carbons (Fsp3) is 1.00. The third kappa shape index (κ3) is 2.55. The number of fused-ring (bicyclic) bond motifs is 1. The van der Waals surface area contributed by atoms with E-state index in [-0.39, 0.29) is 11.3 Å². The first-order valence-electron chi connectivity index (χ1n) is 7.41. The van der Waals surface area contributed by atoms with Crippen molar-refractivity contribution in [3.05, 3.63) is 0 Å². The predicted molar refractivity (Wildman–Crippen MR) is 73.1 cm³/mol. The quantitative estimate of drug-likeness (QED) is 0.805. The summed E-state index contributed by atoms with van der Waals surface area (Å²) in [4.78, 5) is 0. The highest BCUT2D eigenvalue weighted by molar-refractivity contribution is 7.89. The van der Waals surface area contributed by atoms with Crippen LogP contribution in [0.5, 0.6) is 0 Å². The van der Waals surface area contributed by atoms with Crippen LogP contribution in [0, 0.1) is 11.8 Å². The van der Waals surface area contributed by atoms with Gasteiger partial charge < -0.3 is 10.5 Å². The highest BCUT2D eigenvalue weighted by Gasteiger charge is 2.45. The molecule has 2 saturated heterocycles. The minimum Gasteiger partial charge on any atom is -0.380 e. The van der Waals surface area contributed by atoms with Crippen LogP contribution in [0.15, 0.2) is 0 Å². The van der Waals surface area contributed by atoms with Gasteiger partial charge in [-0.2, -0.15) is 0 Å². The maximum atomic E-state index is 12.6. The number of ether oxygens (including phenoxy) is 1. The van der Waals surface area contributed by atoms with E-state index >= 15 is 0 Å². The van der Waals surface area contributed by atoms with Crippen LogP contribution in [0.25, 0.3) is 0 Å². The van der Waals surface area contributed by atoms with Crippen molar-refractivity contribution in [2.75, 3.05) is 26.3 Å². The fourth-order valence-electron chi connectivity index (χ4n) is 3.84. The van der Waals surface area contributed by atoms with E-state index in [1.54, 1.807) is 4.31 Å². The van der Waals surface area contributed by atoms with Crippen LogP contribution < -0.4 is 5.73 Å². The van der Waals surface area contributed by atoms with Gasteiger partial charge in [-0.25, -0.2) is 12.7 Å². The van der Waals surface area contributed by atoms with E-state index in [1.807, 2.05) is 0 Å². The van der Waals surface area contributed by atoms with Crippen LogP contribution in [0.4, 0.5) is 0 Å². The minimum atomic E-state index is -3.19. The van der Waals surface area contributed by atoms with E-state index in [0.717, 1.165) is 32.1 Å². The second-order valence-electron chi connectivity index (χ2n) is 6.22. The summed E-state index contributed by atoms with van der Waals surface area (Å²) in [5, 5.41) is -0.336. The number of nitrogens with two attached hydrogens (primary N) is 1. The number of sulfonamides is 1. The second-order valence-corrected chi connectivity index (χ2v) is 8.43. The van der Waals surface area contributed by atoms with Gasteiger partial charge in [-0.05, 0) is 37.5 Å². The van der Waals surface area contributed by atoms with E-state index in [4.69, 9.17) is 10.5 Å². The molecule has 4 unspecified atom stereocenters. The molecule has 3 rings (SSSR count). The molecule has 2 N–H and O–H groups in total. The first-order valence-corrected chi connectivity index (χ1v) is 8.91. The first-order chi connectivity index (χ1) is 9.09. The van der Waals surface area contributed by atoms with Gasteiger partial charge in [-0.3, -0.25) is 0 Å². The lowest BCUT2D eigenvalue weighted by Crippen LogP contribution is -2.42. The first kappa shape index (κ1) is 13.8. The highest BCUT2D eigenvalue weighted by atomic mass is 32.2. The molecule has 4 atom stereocenters. The second kappa shape index (κ2) is 5.31. The third-order valence-corrected chi connectivity index (χ3v) is 7.25. The fourth-order valence-corrected chi connectivity index (χ4v) is 5.77. The molecule has 0 amide bonds. The van der Waals surface area contributed by atoms with E-state index in [9.17, 15) is 8.42 Å². The molecular weight excluding hydrogens is 264 g/mol. The van der Waals surface area contributed by atoms with Crippen molar-refractivity contribution in [3.63, 3.8) is 0 Å². The Morgan fingerprint density at radius 1 is 1.11 bits per heavy atom. The van der Waals surface area contributed by atoms with E-state index in [2.05, 4.69) is 0 Å². The monoisotopic (exact) mass is 288 g/mol. The molecule has 110 valence electrons. The Hall–Kier alpha value is -0.170. The molecule has 0 aromatic carbocycles. The SMILES string of the molecule is NC1CCCC2CN(S(=O)(=O)C3CCCOC3)CC12. The van der Waals surface area contributed by atoms with Gasteiger partial charge in [0.2, 0.25) is 10.0 Å². The molecule has 1 aliphatic carbocycles. The molecule has 0 aromatic heterocycles. The van der Waals surface area contributed by atoms with Gasteiger partial charge in [0.15, 0.2) is 0 Å². The number of nitrogens with zero attached hydrogens (tertiary/aromatic N) is 1. The molecule has 0 spiro atoms. The molecular formula is C13H24N2O3S. The van der Waals surface area contributed by atoms with Crippen molar-refractivity contribution in [3.8, 4) is 0 Å². The predicted octanol–water partition coefficient (Wildman–Crippen LogP) is 0.554. The summed E-state index contributed by atoms with van der Waals surface area (Å²) in [6.45, 7) is 2.37. The molecule has 1 saturated carbocycles. The molecule has 2 heterocycles. The van der Waals surface area contributed by atoms with Crippen LogP contribution in [0.1, 0.15) is 32.1 Å². The van der Waals surface area contributed by atoms with E-state index in [1.165, 1.54) is 0 Å². The van der Waals surface area contributed by atoms with Gasteiger partial charge >= 0.3 is 0 Å². The Balaban J connectivity index is 1.72. The zero-order valence-corrected chi connectivity index (χ0v) is 12.1. The summed E-state index contributed by atoms with van der Waals surface area (Å²) in [5.41, 5.74) is 6.16.